The number of fused-ring (bicyclic) bond motifs is 1. The zero-order valence-corrected chi connectivity index (χ0v) is 16.8. The van der Waals surface area contributed by atoms with E-state index in [0.29, 0.717) is 12.6 Å². The molecule has 1 atom stereocenters. The molecule has 2 aliphatic heterocycles. The fourth-order valence-corrected chi connectivity index (χ4v) is 5.56. The quantitative estimate of drug-likeness (QED) is 0.791. The van der Waals surface area contributed by atoms with E-state index in [0.717, 1.165) is 62.3 Å². The van der Waals surface area contributed by atoms with E-state index >= 15 is 0 Å². The van der Waals surface area contributed by atoms with Crippen LogP contribution in [-0.2, 0) is 4.79 Å². The van der Waals surface area contributed by atoms with Crippen LogP contribution in [0.25, 0.3) is 0 Å². The predicted molar refractivity (Wildman–Crippen MR) is 110 cm³/mol. The Balaban J connectivity index is 1.23. The Morgan fingerprint density at radius 2 is 2.00 bits per heavy atom. The summed E-state index contributed by atoms with van der Waals surface area (Å²) in [6.45, 7) is 1.39. The minimum Gasteiger partial charge on any atom is -0.448 e. The number of hydrogen-bond donors (Lipinski definition) is 1. The molecule has 2 aromatic rings. The van der Waals surface area contributed by atoms with Crippen molar-refractivity contribution in [3.8, 4) is 11.5 Å². The third-order valence-corrected chi connectivity index (χ3v) is 6.99. The zero-order valence-electron chi connectivity index (χ0n) is 16.0. The molecule has 2 fully saturated rings. The lowest BCUT2D eigenvalue weighted by Crippen LogP contribution is -2.40. The summed E-state index contributed by atoms with van der Waals surface area (Å²) >= 11 is 1.78. The molecule has 1 aliphatic carbocycles. The predicted octanol–water partition coefficient (Wildman–Crippen LogP) is 4.96. The Labute approximate surface area is 169 Å². The van der Waals surface area contributed by atoms with Crippen LogP contribution in [0.15, 0.2) is 35.7 Å². The average molecular weight is 399 g/mol. The van der Waals surface area contributed by atoms with E-state index in [2.05, 4.69) is 27.7 Å². The molecule has 0 bridgehead atoms. The maximum atomic E-state index is 12.7. The molecule has 1 saturated carbocycles. The molecule has 28 heavy (non-hydrogen) atoms. The van der Waals surface area contributed by atoms with Gasteiger partial charge in [-0.25, -0.2) is 0 Å². The van der Waals surface area contributed by atoms with Crippen molar-refractivity contribution in [2.45, 2.75) is 56.8 Å². The number of likely N-dealkylation sites (tertiary alicyclic amines) is 1. The molecular weight excluding hydrogens is 372 g/mol. The molecule has 1 spiro atoms. The van der Waals surface area contributed by atoms with E-state index in [1.165, 1.54) is 11.3 Å². The molecule has 3 aliphatic rings. The molecule has 6 heteroatoms. The van der Waals surface area contributed by atoms with Crippen molar-refractivity contribution in [3.63, 3.8) is 0 Å². The summed E-state index contributed by atoms with van der Waals surface area (Å²) in [5.74, 6) is 1.08. The standard InChI is InChI=1S/C22H26N2O3S/c25-21(15-24-12-4-6-17(24)20-7-5-13-28-20)23-16-8-9-18-19(14-16)27-22(26-18)10-2-1-3-11-22/h5,7-9,13-14,17H,1-4,6,10-12,15H2,(H,23,25)/t17-/m1/s1. The van der Waals surface area contributed by atoms with Crippen LogP contribution >= 0.6 is 11.3 Å². The first-order chi connectivity index (χ1) is 13.7. The van der Waals surface area contributed by atoms with Crippen LogP contribution in [0.2, 0.25) is 0 Å². The van der Waals surface area contributed by atoms with Gasteiger partial charge in [-0.1, -0.05) is 12.5 Å². The number of hydrogen-bond acceptors (Lipinski definition) is 5. The maximum absolute atomic E-state index is 12.7. The van der Waals surface area contributed by atoms with Crippen LogP contribution < -0.4 is 14.8 Å². The van der Waals surface area contributed by atoms with Gasteiger partial charge in [-0.3, -0.25) is 9.69 Å². The highest BCUT2D eigenvalue weighted by atomic mass is 32.1. The number of carbonyl (C=O) groups is 1. The van der Waals surface area contributed by atoms with Crippen molar-refractivity contribution < 1.29 is 14.3 Å². The van der Waals surface area contributed by atoms with Gasteiger partial charge >= 0.3 is 0 Å². The van der Waals surface area contributed by atoms with Crippen LogP contribution in [0.4, 0.5) is 5.69 Å². The van der Waals surface area contributed by atoms with Crippen molar-refractivity contribution in [1.29, 1.82) is 0 Å². The summed E-state index contributed by atoms with van der Waals surface area (Å²) in [7, 11) is 0. The molecule has 5 rings (SSSR count). The highest BCUT2D eigenvalue weighted by molar-refractivity contribution is 7.10. The van der Waals surface area contributed by atoms with Gasteiger partial charge in [0, 0.05) is 35.5 Å². The number of benzene rings is 1. The molecule has 5 nitrogen and oxygen atoms in total. The normalized spacial score (nSPS) is 23.2. The molecule has 0 radical (unpaired) electrons. The first kappa shape index (κ1) is 18.0. The van der Waals surface area contributed by atoms with Crippen molar-refractivity contribution in [3.05, 3.63) is 40.6 Å². The molecule has 1 amide bonds. The number of nitrogens with zero attached hydrogens (tertiary/aromatic N) is 1. The summed E-state index contributed by atoms with van der Waals surface area (Å²) in [6, 6.07) is 10.3. The second-order valence-electron chi connectivity index (χ2n) is 8.03. The third kappa shape index (κ3) is 3.51. The smallest absolute Gasteiger partial charge is 0.251 e. The van der Waals surface area contributed by atoms with Gasteiger partial charge in [0.05, 0.1) is 6.54 Å². The van der Waals surface area contributed by atoms with E-state index in [-0.39, 0.29) is 5.91 Å². The molecule has 3 heterocycles. The van der Waals surface area contributed by atoms with Gasteiger partial charge in [-0.15, -0.1) is 11.3 Å². The molecule has 1 saturated heterocycles. The van der Waals surface area contributed by atoms with E-state index in [4.69, 9.17) is 9.47 Å². The summed E-state index contributed by atoms with van der Waals surface area (Å²) in [6.07, 6.45) is 7.65. The number of thiophene rings is 1. The molecule has 1 N–H and O–H groups in total. The van der Waals surface area contributed by atoms with Crippen LogP contribution in [-0.4, -0.2) is 29.7 Å². The number of anilines is 1. The first-order valence-corrected chi connectivity index (χ1v) is 11.2. The number of carbonyl (C=O) groups excluding carboxylic acids is 1. The van der Waals surface area contributed by atoms with Gasteiger partial charge in [0.15, 0.2) is 11.5 Å². The van der Waals surface area contributed by atoms with E-state index in [1.807, 2.05) is 18.2 Å². The molecule has 148 valence electrons. The number of nitrogens with one attached hydrogen (secondary N) is 1. The van der Waals surface area contributed by atoms with E-state index < -0.39 is 5.79 Å². The summed E-state index contributed by atoms with van der Waals surface area (Å²) in [4.78, 5) is 16.3. The van der Waals surface area contributed by atoms with Gasteiger partial charge < -0.3 is 14.8 Å². The SMILES string of the molecule is O=C(CN1CCC[C@@H]1c1cccs1)Nc1ccc2c(c1)OC1(CCCCC1)O2. The lowest BCUT2D eigenvalue weighted by atomic mass is 9.94. The Kier molecular flexibility index (Phi) is 4.77. The monoisotopic (exact) mass is 398 g/mol. The van der Waals surface area contributed by atoms with Crippen LogP contribution in [0.3, 0.4) is 0 Å². The van der Waals surface area contributed by atoms with Gasteiger partial charge in [0.1, 0.15) is 0 Å². The van der Waals surface area contributed by atoms with E-state index in [9.17, 15) is 4.79 Å². The lowest BCUT2D eigenvalue weighted by Gasteiger charge is -2.31. The van der Waals surface area contributed by atoms with Crippen LogP contribution in [0.1, 0.15) is 55.9 Å². The zero-order chi connectivity index (χ0) is 19.0. The summed E-state index contributed by atoms with van der Waals surface area (Å²) in [5.41, 5.74) is 0.770. The fraction of sp³-hybridized carbons (Fsp3) is 0.500. The minimum atomic E-state index is -0.479. The van der Waals surface area contributed by atoms with E-state index in [1.54, 1.807) is 11.3 Å². The number of amides is 1. The lowest BCUT2D eigenvalue weighted by molar-refractivity contribution is -0.117. The maximum Gasteiger partial charge on any atom is 0.251 e. The third-order valence-electron chi connectivity index (χ3n) is 6.02. The topological polar surface area (TPSA) is 50.8 Å². The van der Waals surface area contributed by atoms with Gasteiger partial charge in [-0.05, 0) is 55.8 Å². The van der Waals surface area contributed by atoms with Crippen molar-refractivity contribution in [1.82, 2.24) is 4.90 Å². The second kappa shape index (κ2) is 7.41. The Morgan fingerprint density at radius 1 is 1.14 bits per heavy atom. The van der Waals surface area contributed by atoms with Crippen molar-refractivity contribution >= 4 is 22.9 Å². The second-order valence-corrected chi connectivity index (χ2v) is 9.01. The first-order valence-electron chi connectivity index (χ1n) is 10.3. The van der Waals surface area contributed by atoms with Crippen molar-refractivity contribution in [2.75, 3.05) is 18.4 Å². The van der Waals surface area contributed by atoms with Crippen LogP contribution in [0, 0.1) is 0 Å². The molecule has 1 aromatic heterocycles. The highest BCUT2D eigenvalue weighted by Crippen LogP contribution is 2.46. The number of ether oxygens (including phenoxy) is 2. The van der Waals surface area contributed by atoms with Gasteiger partial charge in [-0.2, -0.15) is 0 Å². The molecule has 0 unspecified atom stereocenters. The summed E-state index contributed by atoms with van der Waals surface area (Å²) in [5, 5.41) is 5.15. The average Bonchev–Trinajstić information content (AvgIpc) is 3.41. The molecular formula is C22H26N2O3S. The fourth-order valence-electron chi connectivity index (χ4n) is 4.67. The molecule has 1 aromatic carbocycles. The van der Waals surface area contributed by atoms with Gasteiger partial charge in [0.25, 0.3) is 5.79 Å². The van der Waals surface area contributed by atoms with Crippen LogP contribution in [0.5, 0.6) is 11.5 Å². The Bertz CT molecular complexity index is 845. The van der Waals surface area contributed by atoms with Gasteiger partial charge in [0.2, 0.25) is 5.91 Å². The number of rotatable bonds is 4. The Morgan fingerprint density at radius 3 is 2.82 bits per heavy atom. The minimum absolute atomic E-state index is 0.0229. The van der Waals surface area contributed by atoms with Crippen molar-refractivity contribution in [2.24, 2.45) is 0 Å². The largest absolute Gasteiger partial charge is 0.448 e. The summed E-state index contributed by atoms with van der Waals surface area (Å²) < 4.78 is 12.3. The highest BCUT2D eigenvalue weighted by Gasteiger charge is 2.42. The Hall–Kier alpha value is -2.05.